The third kappa shape index (κ3) is 4.42. The van der Waals surface area contributed by atoms with Crippen molar-refractivity contribution in [2.24, 2.45) is 0 Å². The number of benzene rings is 1. The highest BCUT2D eigenvalue weighted by Gasteiger charge is 1.93. The summed E-state index contributed by atoms with van der Waals surface area (Å²) in [5, 5.41) is 3.07. The Bertz CT molecular complexity index is 349. The Morgan fingerprint density at radius 1 is 1.33 bits per heavy atom. The van der Waals surface area contributed by atoms with Gasteiger partial charge in [-0.15, -0.1) is 5.92 Å². The standard InChI is InChI=1S/C13H17NO/c1-3-4-5-6-10-15-13-9-7-8-12(11-13)14-2/h7-9,11,14H,3,6,10H2,1-2H3. The van der Waals surface area contributed by atoms with Gasteiger partial charge in [0.15, 0.2) is 0 Å². The zero-order valence-electron chi connectivity index (χ0n) is 9.34. The van der Waals surface area contributed by atoms with Crippen molar-refractivity contribution < 1.29 is 4.74 Å². The molecule has 0 saturated heterocycles. The molecule has 0 heterocycles. The predicted molar refractivity (Wildman–Crippen MR) is 64.2 cm³/mol. The molecule has 0 unspecified atom stereocenters. The predicted octanol–water partition coefficient (Wildman–Crippen LogP) is 2.91. The zero-order valence-corrected chi connectivity index (χ0v) is 9.34. The second-order valence-corrected chi connectivity index (χ2v) is 3.08. The molecule has 0 fully saturated rings. The van der Waals surface area contributed by atoms with E-state index >= 15 is 0 Å². The molecule has 0 amide bonds. The summed E-state index contributed by atoms with van der Waals surface area (Å²) in [5.74, 6) is 6.95. The maximum atomic E-state index is 5.55. The van der Waals surface area contributed by atoms with Crippen LogP contribution in [-0.4, -0.2) is 13.7 Å². The Morgan fingerprint density at radius 2 is 2.20 bits per heavy atom. The van der Waals surface area contributed by atoms with Crippen LogP contribution in [0.5, 0.6) is 5.75 Å². The van der Waals surface area contributed by atoms with E-state index in [2.05, 4.69) is 17.2 Å². The molecule has 80 valence electrons. The molecule has 1 aromatic rings. The third-order valence-corrected chi connectivity index (χ3v) is 1.92. The Morgan fingerprint density at radius 3 is 2.93 bits per heavy atom. The first-order chi connectivity index (χ1) is 7.36. The van der Waals surface area contributed by atoms with Gasteiger partial charge in [-0.1, -0.05) is 18.9 Å². The second kappa shape index (κ2) is 6.78. The lowest BCUT2D eigenvalue weighted by atomic mass is 10.3. The summed E-state index contributed by atoms with van der Waals surface area (Å²) < 4.78 is 5.55. The number of rotatable bonds is 4. The van der Waals surface area contributed by atoms with Crippen molar-refractivity contribution in [2.75, 3.05) is 19.0 Å². The van der Waals surface area contributed by atoms with Gasteiger partial charge in [0, 0.05) is 31.6 Å². The topological polar surface area (TPSA) is 21.3 Å². The van der Waals surface area contributed by atoms with Crippen LogP contribution in [0.3, 0.4) is 0 Å². The molecule has 0 spiro atoms. The maximum Gasteiger partial charge on any atom is 0.121 e. The van der Waals surface area contributed by atoms with Gasteiger partial charge in [-0.25, -0.2) is 0 Å². The summed E-state index contributed by atoms with van der Waals surface area (Å²) in [6.07, 6.45) is 1.70. The molecule has 0 aliphatic heterocycles. The van der Waals surface area contributed by atoms with Gasteiger partial charge in [0.25, 0.3) is 0 Å². The monoisotopic (exact) mass is 203 g/mol. The Kier molecular flexibility index (Phi) is 5.18. The Balaban J connectivity index is 2.37. The first kappa shape index (κ1) is 11.5. The van der Waals surface area contributed by atoms with E-state index in [1.54, 1.807) is 0 Å². The molecule has 0 aliphatic rings. The molecular formula is C13H17NO. The average molecular weight is 203 g/mol. The molecule has 1 aromatic carbocycles. The van der Waals surface area contributed by atoms with Crippen LogP contribution in [0.15, 0.2) is 24.3 Å². The molecule has 0 radical (unpaired) electrons. The van der Waals surface area contributed by atoms with Crippen LogP contribution in [0.25, 0.3) is 0 Å². The average Bonchev–Trinajstić information content (AvgIpc) is 2.29. The molecule has 1 N–H and O–H groups in total. The van der Waals surface area contributed by atoms with Crippen LogP contribution in [0.1, 0.15) is 19.8 Å². The van der Waals surface area contributed by atoms with Gasteiger partial charge >= 0.3 is 0 Å². The third-order valence-electron chi connectivity index (χ3n) is 1.92. The molecule has 0 aliphatic carbocycles. The largest absolute Gasteiger partial charge is 0.493 e. The molecule has 15 heavy (non-hydrogen) atoms. The van der Waals surface area contributed by atoms with Crippen LogP contribution in [0.2, 0.25) is 0 Å². The van der Waals surface area contributed by atoms with Gasteiger partial charge in [0.05, 0.1) is 6.61 Å². The van der Waals surface area contributed by atoms with Crippen molar-refractivity contribution in [1.82, 2.24) is 0 Å². The quantitative estimate of drug-likeness (QED) is 0.600. The SMILES string of the molecule is CCC#CCCOc1cccc(NC)c1. The summed E-state index contributed by atoms with van der Waals surface area (Å²) in [6, 6.07) is 7.91. The van der Waals surface area contributed by atoms with Gasteiger partial charge < -0.3 is 10.1 Å². The van der Waals surface area contributed by atoms with Gasteiger partial charge in [-0.2, -0.15) is 0 Å². The first-order valence-electron chi connectivity index (χ1n) is 5.23. The van der Waals surface area contributed by atoms with Gasteiger partial charge in [0.1, 0.15) is 5.75 Å². The Hall–Kier alpha value is -1.62. The normalized spacial score (nSPS) is 8.93. The van der Waals surface area contributed by atoms with Crippen LogP contribution >= 0.6 is 0 Å². The van der Waals surface area contributed by atoms with E-state index in [0.717, 1.165) is 24.3 Å². The lowest BCUT2D eigenvalue weighted by molar-refractivity contribution is 0.327. The highest BCUT2D eigenvalue weighted by Crippen LogP contribution is 2.16. The lowest BCUT2D eigenvalue weighted by Gasteiger charge is -2.05. The molecule has 2 heteroatoms. The fourth-order valence-electron chi connectivity index (χ4n) is 1.17. The highest BCUT2D eigenvalue weighted by atomic mass is 16.5. The van der Waals surface area contributed by atoms with Crippen LogP contribution < -0.4 is 10.1 Å². The number of hydrogen-bond donors (Lipinski definition) is 1. The summed E-state index contributed by atoms with van der Waals surface area (Å²) in [5.41, 5.74) is 1.06. The molecule has 0 bridgehead atoms. The lowest BCUT2D eigenvalue weighted by Crippen LogP contribution is -1.96. The van der Waals surface area contributed by atoms with E-state index in [4.69, 9.17) is 4.74 Å². The summed E-state index contributed by atoms with van der Waals surface area (Å²) in [6.45, 7) is 2.70. The molecule has 1 rings (SSSR count). The Labute approximate surface area is 91.6 Å². The minimum atomic E-state index is 0.653. The summed E-state index contributed by atoms with van der Waals surface area (Å²) in [7, 11) is 1.89. The van der Waals surface area contributed by atoms with Crippen molar-refractivity contribution >= 4 is 5.69 Å². The fraction of sp³-hybridized carbons (Fsp3) is 0.385. The van der Waals surface area contributed by atoms with Crippen LogP contribution in [-0.2, 0) is 0 Å². The van der Waals surface area contributed by atoms with Crippen LogP contribution in [0.4, 0.5) is 5.69 Å². The smallest absolute Gasteiger partial charge is 0.121 e. The first-order valence-corrected chi connectivity index (χ1v) is 5.23. The van der Waals surface area contributed by atoms with Crippen molar-refractivity contribution in [3.8, 4) is 17.6 Å². The van der Waals surface area contributed by atoms with Gasteiger partial charge in [-0.05, 0) is 12.1 Å². The highest BCUT2D eigenvalue weighted by molar-refractivity contribution is 5.47. The molecule has 0 saturated carbocycles. The second-order valence-electron chi connectivity index (χ2n) is 3.08. The van der Waals surface area contributed by atoms with Crippen molar-refractivity contribution in [3.05, 3.63) is 24.3 Å². The van der Waals surface area contributed by atoms with E-state index in [0.29, 0.717) is 6.61 Å². The molecule has 0 aromatic heterocycles. The molecular weight excluding hydrogens is 186 g/mol. The zero-order chi connectivity index (χ0) is 10.9. The van der Waals surface area contributed by atoms with E-state index in [9.17, 15) is 0 Å². The minimum Gasteiger partial charge on any atom is -0.493 e. The van der Waals surface area contributed by atoms with E-state index in [1.165, 1.54) is 0 Å². The van der Waals surface area contributed by atoms with Crippen LogP contribution in [0, 0.1) is 11.8 Å². The number of hydrogen-bond acceptors (Lipinski definition) is 2. The van der Waals surface area contributed by atoms with E-state index in [-0.39, 0.29) is 0 Å². The number of anilines is 1. The van der Waals surface area contributed by atoms with Crippen molar-refractivity contribution in [3.63, 3.8) is 0 Å². The number of ether oxygens (including phenoxy) is 1. The summed E-state index contributed by atoms with van der Waals surface area (Å²) in [4.78, 5) is 0. The maximum absolute atomic E-state index is 5.55. The summed E-state index contributed by atoms with van der Waals surface area (Å²) >= 11 is 0. The van der Waals surface area contributed by atoms with Crippen molar-refractivity contribution in [1.29, 1.82) is 0 Å². The van der Waals surface area contributed by atoms with Gasteiger partial charge in [0.2, 0.25) is 0 Å². The van der Waals surface area contributed by atoms with Gasteiger partial charge in [-0.3, -0.25) is 0 Å². The molecule has 2 nitrogen and oxygen atoms in total. The minimum absolute atomic E-state index is 0.653. The molecule has 0 atom stereocenters. The fourth-order valence-corrected chi connectivity index (χ4v) is 1.17. The van der Waals surface area contributed by atoms with E-state index in [1.807, 2.05) is 38.2 Å². The van der Waals surface area contributed by atoms with Crippen molar-refractivity contribution in [2.45, 2.75) is 19.8 Å². The number of nitrogens with one attached hydrogen (secondary N) is 1. The van der Waals surface area contributed by atoms with E-state index < -0.39 is 0 Å².